The summed E-state index contributed by atoms with van der Waals surface area (Å²) in [5.41, 5.74) is -0.265. The van der Waals surface area contributed by atoms with Gasteiger partial charge in [0.15, 0.2) is 0 Å². The van der Waals surface area contributed by atoms with E-state index in [0.717, 1.165) is 32.1 Å². The number of nitrogens with zero attached hydrogens (tertiary/aromatic N) is 1. The van der Waals surface area contributed by atoms with Crippen LogP contribution in [-0.2, 0) is 9.59 Å². The van der Waals surface area contributed by atoms with Crippen molar-refractivity contribution < 1.29 is 14.7 Å². The van der Waals surface area contributed by atoms with Crippen LogP contribution in [0.15, 0.2) is 0 Å². The molecule has 0 unspecified atom stereocenters. The largest absolute Gasteiger partial charge is 0.480 e. The van der Waals surface area contributed by atoms with Crippen molar-refractivity contribution in [3.05, 3.63) is 0 Å². The maximum Gasteiger partial charge on any atom is 0.323 e. The van der Waals surface area contributed by atoms with E-state index in [1.807, 2.05) is 6.92 Å². The predicted octanol–water partition coefficient (Wildman–Crippen LogP) is 2.53. The van der Waals surface area contributed by atoms with Gasteiger partial charge in [0.05, 0.1) is 0 Å². The number of rotatable bonds is 7. The zero-order chi connectivity index (χ0) is 13.8. The van der Waals surface area contributed by atoms with Gasteiger partial charge in [0.2, 0.25) is 5.91 Å². The van der Waals surface area contributed by atoms with Gasteiger partial charge in [0.1, 0.15) is 6.54 Å². The van der Waals surface area contributed by atoms with Crippen molar-refractivity contribution in [1.29, 1.82) is 0 Å². The monoisotopic (exact) mass is 255 g/mol. The summed E-state index contributed by atoms with van der Waals surface area (Å²) in [6.45, 7) is 6.60. The first kappa shape index (κ1) is 15.0. The molecule has 18 heavy (non-hydrogen) atoms. The van der Waals surface area contributed by atoms with E-state index in [-0.39, 0.29) is 17.9 Å². The number of carboxylic acid groups (broad SMARTS) is 1. The summed E-state index contributed by atoms with van der Waals surface area (Å²) in [6, 6.07) is 0. The highest BCUT2D eigenvalue weighted by Crippen LogP contribution is 2.47. The molecule has 0 radical (unpaired) electrons. The number of carbonyl (C=O) groups excluding carboxylic acids is 1. The molecule has 4 nitrogen and oxygen atoms in total. The smallest absolute Gasteiger partial charge is 0.323 e. The second kappa shape index (κ2) is 6.21. The number of hydrogen-bond acceptors (Lipinski definition) is 2. The van der Waals surface area contributed by atoms with Crippen molar-refractivity contribution in [3.63, 3.8) is 0 Å². The fourth-order valence-electron chi connectivity index (χ4n) is 2.91. The first-order valence-corrected chi connectivity index (χ1v) is 6.92. The van der Waals surface area contributed by atoms with Gasteiger partial charge in [-0.3, -0.25) is 9.59 Å². The van der Waals surface area contributed by atoms with Crippen molar-refractivity contribution in [2.24, 2.45) is 11.3 Å². The van der Waals surface area contributed by atoms with E-state index >= 15 is 0 Å². The van der Waals surface area contributed by atoms with Crippen LogP contribution in [0.1, 0.15) is 52.9 Å². The Morgan fingerprint density at radius 2 is 1.94 bits per heavy atom. The van der Waals surface area contributed by atoms with Crippen LogP contribution in [0.4, 0.5) is 0 Å². The molecule has 0 atom stereocenters. The van der Waals surface area contributed by atoms with Crippen LogP contribution in [0.5, 0.6) is 0 Å². The molecule has 0 aromatic heterocycles. The summed E-state index contributed by atoms with van der Waals surface area (Å²) < 4.78 is 0. The van der Waals surface area contributed by atoms with E-state index in [0.29, 0.717) is 12.5 Å². The predicted molar refractivity (Wildman–Crippen MR) is 70.2 cm³/mol. The molecule has 0 spiro atoms. The van der Waals surface area contributed by atoms with Crippen LogP contribution in [0.25, 0.3) is 0 Å². The highest BCUT2D eigenvalue weighted by atomic mass is 16.4. The minimum atomic E-state index is -0.921. The standard InChI is InChI=1S/C14H25NO3/c1-4-8-15(10-12(16)17)13(18)14(6-5-7-14)9-11(2)3/h11H,4-10H2,1-3H3,(H,16,17). The van der Waals surface area contributed by atoms with Crippen LogP contribution in [0, 0.1) is 11.3 Å². The number of aliphatic carboxylic acids is 1. The van der Waals surface area contributed by atoms with E-state index < -0.39 is 5.97 Å². The van der Waals surface area contributed by atoms with Crippen LogP contribution in [0.2, 0.25) is 0 Å². The van der Waals surface area contributed by atoms with Crippen molar-refractivity contribution in [2.45, 2.75) is 52.9 Å². The van der Waals surface area contributed by atoms with E-state index in [4.69, 9.17) is 5.11 Å². The molecule has 4 heteroatoms. The number of carboxylic acids is 1. The van der Waals surface area contributed by atoms with Crippen LogP contribution in [-0.4, -0.2) is 35.0 Å². The second-order valence-corrected chi connectivity index (χ2v) is 5.85. The zero-order valence-corrected chi connectivity index (χ0v) is 11.7. The van der Waals surface area contributed by atoms with Gasteiger partial charge in [-0.15, -0.1) is 0 Å². The molecule has 1 aliphatic carbocycles. The third-order valence-electron chi connectivity index (χ3n) is 3.67. The van der Waals surface area contributed by atoms with Gasteiger partial charge in [-0.1, -0.05) is 27.2 Å². The normalized spacial score (nSPS) is 17.3. The molecule has 0 heterocycles. The van der Waals surface area contributed by atoms with Crippen LogP contribution in [0.3, 0.4) is 0 Å². The Balaban J connectivity index is 2.76. The molecule has 0 bridgehead atoms. The molecule has 1 amide bonds. The first-order valence-electron chi connectivity index (χ1n) is 6.92. The fourth-order valence-corrected chi connectivity index (χ4v) is 2.91. The molecule has 0 saturated heterocycles. The van der Waals surface area contributed by atoms with E-state index in [1.54, 1.807) is 0 Å². The third-order valence-corrected chi connectivity index (χ3v) is 3.67. The Morgan fingerprint density at radius 3 is 2.28 bits per heavy atom. The molecule has 1 N–H and O–H groups in total. The minimum absolute atomic E-state index is 0.0618. The maximum atomic E-state index is 12.6. The molecule has 0 aliphatic heterocycles. The highest BCUT2D eigenvalue weighted by molar-refractivity contribution is 5.86. The summed E-state index contributed by atoms with van der Waals surface area (Å²) >= 11 is 0. The molecular weight excluding hydrogens is 230 g/mol. The summed E-state index contributed by atoms with van der Waals surface area (Å²) in [4.78, 5) is 25.0. The number of carbonyl (C=O) groups is 2. The quantitative estimate of drug-likeness (QED) is 0.760. The molecule has 1 saturated carbocycles. The third kappa shape index (κ3) is 3.47. The Bertz CT molecular complexity index is 308. The first-order chi connectivity index (χ1) is 8.41. The number of hydrogen-bond donors (Lipinski definition) is 1. The molecule has 0 aromatic rings. The maximum absolute atomic E-state index is 12.6. The van der Waals surface area contributed by atoms with E-state index in [9.17, 15) is 9.59 Å². The van der Waals surface area contributed by atoms with Crippen molar-refractivity contribution in [2.75, 3.05) is 13.1 Å². The van der Waals surface area contributed by atoms with Crippen molar-refractivity contribution >= 4 is 11.9 Å². The van der Waals surface area contributed by atoms with Gasteiger partial charge in [0, 0.05) is 12.0 Å². The molecule has 1 rings (SSSR count). The van der Waals surface area contributed by atoms with Gasteiger partial charge >= 0.3 is 5.97 Å². The molecule has 1 aliphatic rings. The Labute approximate surface area is 109 Å². The Kier molecular flexibility index (Phi) is 5.17. The van der Waals surface area contributed by atoms with Crippen molar-refractivity contribution in [1.82, 2.24) is 4.90 Å². The van der Waals surface area contributed by atoms with E-state index in [2.05, 4.69) is 13.8 Å². The lowest BCUT2D eigenvalue weighted by atomic mass is 9.63. The Morgan fingerprint density at radius 1 is 1.33 bits per heavy atom. The van der Waals surface area contributed by atoms with Gasteiger partial charge in [-0.2, -0.15) is 0 Å². The lowest BCUT2D eigenvalue weighted by molar-refractivity contribution is -0.154. The molecule has 104 valence electrons. The summed E-state index contributed by atoms with van der Waals surface area (Å²) in [5.74, 6) is -0.384. The zero-order valence-electron chi connectivity index (χ0n) is 11.7. The fraction of sp³-hybridized carbons (Fsp3) is 0.857. The number of amides is 1. The highest BCUT2D eigenvalue weighted by Gasteiger charge is 2.46. The van der Waals surface area contributed by atoms with Gasteiger partial charge in [-0.05, 0) is 31.6 Å². The summed E-state index contributed by atoms with van der Waals surface area (Å²) in [7, 11) is 0. The Hall–Kier alpha value is -1.06. The van der Waals surface area contributed by atoms with Crippen LogP contribution < -0.4 is 0 Å². The molecular formula is C14H25NO3. The molecule has 0 aromatic carbocycles. The summed E-state index contributed by atoms with van der Waals surface area (Å²) in [6.07, 6.45) is 4.61. The average Bonchev–Trinajstić information content (AvgIpc) is 2.21. The molecule has 1 fully saturated rings. The lowest BCUT2D eigenvalue weighted by Crippen LogP contribution is -2.50. The average molecular weight is 255 g/mol. The summed E-state index contributed by atoms with van der Waals surface area (Å²) in [5, 5.41) is 8.90. The van der Waals surface area contributed by atoms with Crippen LogP contribution >= 0.6 is 0 Å². The van der Waals surface area contributed by atoms with Gasteiger partial charge in [-0.25, -0.2) is 0 Å². The van der Waals surface area contributed by atoms with Crippen molar-refractivity contribution in [3.8, 4) is 0 Å². The minimum Gasteiger partial charge on any atom is -0.480 e. The van der Waals surface area contributed by atoms with Gasteiger partial charge < -0.3 is 10.0 Å². The second-order valence-electron chi connectivity index (χ2n) is 5.85. The van der Waals surface area contributed by atoms with Gasteiger partial charge in [0.25, 0.3) is 0 Å². The SMILES string of the molecule is CCCN(CC(=O)O)C(=O)C1(CC(C)C)CCC1. The topological polar surface area (TPSA) is 57.6 Å². The lowest BCUT2D eigenvalue weighted by Gasteiger charge is -2.44. The van der Waals surface area contributed by atoms with E-state index in [1.165, 1.54) is 4.90 Å².